The van der Waals surface area contributed by atoms with Gasteiger partial charge in [-0.1, -0.05) is 6.07 Å². The van der Waals surface area contributed by atoms with Gasteiger partial charge in [0, 0.05) is 12.3 Å². The van der Waals surface area contributed by atoms with E-state index >= 15 is 0 Å². The van der Waals surface area contributed by atoms with E-state index < -0.39 is 11.9 Å². The third-order valence-electron chi connectivity index (χ3n) is 1.91. The fourth-order valence-corrected chi connectivity index (χ4v) is 1.22. The quantitative estimate of drug-likeness (QED) is 0.866. The molecule has 0 bridgehead atoms. The second kappa shape index (κ2) is 5.07. The highest BCUT2D eigenvalue weighted by atomic mass is 19.1. The molecule has 1 aromatic heterocycles. The molecule has 0 aliphatic carbocycles. The topological polar surface area (TPSA) is 51.2 Å². The van der Waals surface area contributed by atoms with Crippen LogP contribution < -0.4 is 10.1 Å². The van der Waals surface area contributed by atoms with Crippen molar-refractivity contribution in [3.8, 4) is 5.75 Å². The molecule has 1 amide bonds. The normalized spacial score (nSPS) is 9.71. The van der Waals surface area contributed by atoms with Crippen molar-refractivity contribution in [3.05, 3.63) is 54.6 Å². The van der Waals surface area contributed by atoms with Crippen LogP contribution in [-0.2, 0) is 0 Å². The van der Waals surface area contributed by atoms with Gasteiger partial charge in [0.15, 0.2) is 0 Å². The first-order valence-corrected chi connectivity index (χ1v) is 4.88. The number of nitrogens with zero attached hydrogens (tertiary/aromatic N) is 1. The van der Waals surface area contributed by atoms with Gasteiger partial charge in [-0.3, -0.25) is 10.3 Å². The average molecular weight is 232 g/mol. The summed E-state index contributed by atoms with van der Waals surface area (Å²) >= 11 is 0. The first kappa shape index (κ1) is 11.1. The minimum Gasteiger partial charge on any atom is -0.410 e. The Balaban J connectivity index is 1.98. The Kier molecular flexibility index (Phi) is 3.30. The SMILES string of the molecule is O=C(Nc1cccnc1)Oc1cccc(F)c1. The van der Waals surface area contributed by atoms with E-state index in [2.05, 4.69) is 10.3 Å². The number of halogens is 1. The van der Waals surface area contributed by atoms with Crippen molar-refractivity contribution >= 4 is 11.8 Å². The molecule has 0 spiro atoms. The predicted octanol–water partition coefficient (Wildman–Crippen LogP) is 2.83. The minimum atomic E-state index is -0.691. The number of carbonyl (C=O) groups is 1. The second-order valence-corrected chi connectivity index (χ2v) is 3.21. The molecule has 0 saturated heterocycles. The lowest BCUT2D eigenvalue weighted by molar-refractivity contribution is 0.215. The van der Waals surface area contributed by atoms with Crippen LogP contribution in [0, 0.1) is 5.82 Å². The Morgan fingerprint density at radius 3 is 2.88 bits per heavy atom. The van der Waals surface area contributed by atoms with E-state index in [-0.39, 0.29) is 5.75 Å². The summed E-state index contributed by atoms with van der Waals surface area (Å²) in [5.41, 5.74) is 0.508. The second-order valence-electron chi connectivity index (χ2n) is 3.21. The van der Waals surface area contributed by atoms with Gasteiger partial charge < -0.3 is 4.74 Å². The highest BCUT2D eigenvalue weighted by Crippen LogP contribution is 2.13. The number of anilines is 1. The number of aromatic nitrogens is 1. The summed E-state index contributed by atoms with van der Waals surface area (Å²) in [5.74, 6) is -0.317. The van der Waals surface area contributed by atoms with E-state index in [0.717, 1.165) is 6.07 Å². The van der Waals surface area contributed by atoms with Crippen LogP contribution >= 0.6 is 0 Å². The average Bonchev–Trinajstić information content (AvgIpc) is 2.30. The molecule has 0 unspecified atom stereocenters. The molecule has 0 atom stereocenters. The third kappa shape index (κ3) is 3.27. The van der Waals surface area contributed by atoms with Crippen LogP contribution in [0.1, 0.15) is 0 Å². The lowest BCUT2D eigenvalue weighted by atomic mass is 10.3. The summed E-state index contributed by atoms with van der Waals surface area (Å²) in [6.07, 6.45) is 2.37. The maximum atomic E-state index is 12.8. The smallest absolute Gasteiger partial charge is 0.410 e. The summed E-state index contributed by atoms with van der Waals surface area (Å²) in [6.45, 7) is 0. The Morgan fingerprint density at radius 1 is 1.29 bits per heavy atom. The van der Waals surface area contributed by atoms with Crippen molar-refractivity contribution in [2.45, 2.75) is 0 Å². The van der Waals surface area contributed by atoms with Gasteiger partial charge >= 0.3 is 6.09 Å². The number of ether oxygens (including phenoxy) is 1. The summed E-state index contributed by atoms with van der Waals surface area (Å²) in [5, 5.41) is 2.46. The van der Waals surface area contributed by atoms with E-state index in [1.54, 1.807) is 18.3 Å². The van der Waals surface area contributed by atoms with E-state index in [1.807, 2.05) is 0 Å². The van der Waals surface area contributed by atoms with Gasteiger partial charge in [-0.15, -0.1) is 0 Å². The molecule has 5 heteroatoms. The molecule has 2 aromatic rings. The fraction of sp³-hybridized carbons (Fsp3) is 0. The Labute approximate surface area is 97.1 Å². The number of amides is 1. The molecule has 86 valence electrons. The Morgan fingerprint density at radius 2 is 2.18 bits per heavy atom. The van der Waals surface area contributed by atoms with Crippen molar-refractivity contribution in [2.75, 3.05) is 5.32 Å². The Bertz CT molecular complexity index is 517. The molecule has 0 aliphatic heterocycles. The fourth-order valence-electron chi connectivity index (χ4n) is 1.22. The summed E-state index contributed by atoms with van der Waals surface area (Å²) in [6, 6.07) is 8.69. The molecule has 0 fully saturated rings. The van der Waals surface area contributed by atoms with Crippen LogP contribution in [0.25, 0.3) is 0 Å². The molecule has 1 aromatic carbocycles. The number of benzene rings is 1. The molecular formula is C12H9FN2O2. The van der Waals surface area contributed by atoms with Crippen LogP contribution in [0.5, 0.6) is 5.75 Å². The highest BCUT2D eigenvalue weighted by molar-refractivity contribution is 5.85. The van der Waals surface area contributed by atoms with Gasteiger partial charge in [-0.2, -0.15) is 0 Å². The third-order valence-corrected chi connectivity index (χ3v) is 1.91. The van der Waals surface area contributed by atoms with Crippen molar-refractivity contribution in [2.24, 2.45) is 0 Å². The predicted molar refractivity (Wildman–Crippen MR) is 60.3 cm³/mol. The first-order valence-electron chi connectivity index (χ1n) is 4.88. The number of pyridine rings is 1. The van der Waals surface area contributed by atoms with Crippen LogP contribution in [0.4, 0.5) is 14.9 Å². The van der Waals surface area contributed by atoms with Crippen molar-refractivity contribution in [1.29, 1.82) is 0 Å². The monoisotopic (exact) mass is 232 g/mol. The van der Waals surface area contributed by atoms with Crippen LogP contribution in [0.15, 0.2) is 48.8 Å². The molecule has 1 heterocycles. The number of hydrogen-bond donors (Lipinski definition) is 1. The van der Waals surface area contributed by atoms with Gasteiger partial charge in [0.05, 0.1) is 11.9 Å². The number of hydrogen-bond acceptors (Lipinski definition) is 3. The largest absolute Gasteiger partial charge is 0.417 e. The zero-order valence-corrected chi connectivity index (χ0v) is 8.76. The number of rotatable bonds is 2. The lowest BCUT2D eigenvalue weighted by Crippen LogP contribution is -2.16. The summed E-state index contributed by atoms with van der Waals surface area (Å²) in [7, 11) is 0. The van der Waals surface area contributed by atoms with E-state index in [1.165, 1.54) is 24.4 Å². The first-order chi connectivity index (χ1) is 8.24. The summed E-state index contributed by atoms with van der Waals surface area (Å²) < 4.78 is 17.7. The highest BCUT2D eigenvalue weighted by Gasteiger charge is 2.05. The van der Waals surface area contributed by atoms with Crippen molar-refractivity contribution in [3.63, 3.8) is 0 Å². The van der Waals surface area contributed by atoms with Crippen LogP contribution in [0.3, 0.4) is 0 Å². The van der Waals surface area contributed by atoms with Gasteiger partial charge in [-0.05, 0) is 24.3 Å². The van der Waals surface area contributed by atoms with E-state index in [4.69, 9.17) is 4.74 Å². The molecule has 2 rings (SSSR count). The van der Waals surface area contributed by atoms with Crippen LogP contribution in [-0.4, -0.2) is 11.1 Å². The van der Waals surface area contributed by atoms with E-state index in [0.29, 0.717) is 5.69 Å². The number of carbonyl (C=O) groups excluding carboxylic acids is 1. The Hall–Kier alpha value is -2.43. The van der Waals surface area contributed by atoms with Gasteiger partial charge in [-0.25, -0.2) is 9.18 Å². The lowest BCUT2D eigenvalue weighted by Gasteiger charge is -2.05. The van der Waals surface area contributed by atoms with Gasteiger partial charge in [0.1, 0.15) is 11.6 Å². The molecular weight excluding hydrogens is 223 g/mol. The molecule has 1 N–H and O–H groups in total. The zero-order chi connectivity index (χ0) is 12.1. The zero-order valence-electron chi connectivity index (χ0n) is 8.76. The molecule has 0 aliphatic rings. The maximum absolute atomic E-state index is 12.8. The minimum absolute atomic E-state index is 0.145. The molecule has 0 saturated carbocycles. The maximum Gasteiger partial charge on any atom is 0.417 e. The van der Waals surface area contributed by atoms with Crippen molar-refractivity contribution in [1.82, 2.24) is 4.98 Å². The molecule has 17 heavy (non-hydrogen) atoms. The number of nitrogens with one attached hydrogen (secondary N) is 1. The van der Waals surface area contributed by atoms with E-state index in [9.17, 15) is 9.18 Å². The van der Waals surface area contributed by atoms with Gasteiger partial charge in [0.25, 0.3) is 0 Å². The van der Waals surface area contributed by atoms with Gasteiger partial charge in [0.2, 0.25) is 0 Å². The molecule has 0 radical (unpaired) electrons. The van der Waals surface area contributed by atoms with Crippen LogP contribution in [0.2, 0.25) is 0 Å². The molecule has 4 nitrogen and oxygen atoms in total. The standard InChI is InChI=1S/C12H9FN2O2/c13-9-3-1-5-11(7-9)17-12(16)15-10-4-2-6-14-8-10/h1-8H,(H,15,16). The summed E-state index contributed by atoms with van der Waals surface area (Å²) in [4.78, 5) is 15.2. The van der Waals surface area contributed by atoms with Crippen molar-refractivity contribution < 1.29 is 13.9 Å².